The van der Waals surface area contributed by atoms with Crippen LogP contribution in [0.2, 0.25) is 13.3 Å². The van der Waals surface area contributed by atoms with Crippen LogP contribution in [0.3, 0.4) is 0 Å². The number of hydrogen-bond donors (Lipinski definition) is 0. The van der Waals surface area contributed by atoms with E-state index in [0.29, 0.717) is 3.17 Å². The normalized spacial score (nSPS) is 19.7. The van der Waals surface area contributed by atoms with Crippen molar-refractivity contribution < 1.29 is 0 Å². The second-order valence-electron chi connectivity index (χ2n) is 8.61. The van der Waals surface area contributed by atoms with Crippen LogP contribution < -0.4 is 0 Å². The first-order valence-corrected chi connectivity index (χ1v) is 20.7. The molecule has 0 amide bonds. The molecule has 1 aliphatic rings. The van der Waals surface area contributed by atoms with Crippen molar-refractivity contribution >= 4 is 32.4 Å². The van der Waals surface area contributed by atoms with Gasteiger partial charge in [-0.3, -0.25) is 0 Å². The fraction of sp³-hybridized carbons (Fsp3) is 0.667. The third kappa shape index (κ3) is 3.98. The van der Waals surface area contributed by atoms with Gasteiger partial charge in [-0.2, -0.15) is 0 Å². The van der Waals surface area contributed by atoms with Gasteiger partial charge in [-0.15, -0.1) is 0 Å². The van der Waals surface area contributed by atoms with Crippen molar-refractivity contribution in [3.8, 4) is 0 Å². The predicted octanol–water partition coefficient (Wildman–Crippen LogP) is 8.43. The van der Waals surface area contributed by atoms with Crippen LogP contribution >= 0.6 is 7.92 Å². The molecule has 1 unspecified atom stereocenters. The van der Waals surface area contributed by atoms with Crippen LogP contribution in [0.4, 0.5) is 0 Å². The first kappa shape index (κ1) is 22.5. The number of allylic oxidation sites excluding steroid dienone is 1. The Hall–Kier alpha value is 0.189. The fourth-order valence-electron chi connectivity index (χ4n) is 5.74. The summed E-state index contributed by atoms with van der Waals surface area (Å²) in [5, 5.41) is 0. The summed E-state index contributed by atoms with van der Waals surface area (Å²) in [7, 11) is -0.0244. The van der Waals surface area contributed by atoms with E-state index in [9.17, 15) is 0 Å². The first-order valence-electron chi connectivity index (χ1n) is 11.0. The van der Waals surface area contributed by atoms with Crippen molar-refractivity contribution in [2.75, 3.05) is 13.3 Å². The number of unbranched alkanes of at least 4 members (excludes halogenated alkanes) is 3. The zero-order valence-corrected chi connectivity index (χ0v) is 21.9. The molecule has 0 nitrogen and oxygen atoms in total. The maximum absolute atomic E-state index is 2.60. The van der Waals surface area contributed by atoms with Crippen LogP contribution in [0.1, 0.15) is 77.3 Å². The van der Waals surface area contributed by atoms with Gasteiger partial charge in [0, 0.05) is 0 Å². The molecule has 2 rings (SSSR count). The molecule has 0 saturated carbocycles. The summed E-state index contributed by atoms with van der Waals surface area (Å²) in [6, 6.07) is 9.46. The Morgan fingerprint density at radius 3 is 1.81 bits per heavy atom. The van der Waals surface area contributed by atoms with Crippen LogP contribution in [0, 0.1) is 0 Å². The van der Waals surface area contributed by atoms with Crippen molar-refractivity contribution in [2.45, 2.75) is 82.7 Å². The third-order valence-electron chi connectivity index (χ3n) is 6.76. The van der Waals surface area contributed by atoms with Gasteiger partial charge in [0.1, 0.15) is 0 Å². The molecule has 0 heterocycles. The Balaban J connectivity index is 2.68. The van der Waals surface area contributed by atoms with E-state index in [2.05, 4.69) is 71.4 Å². The molecule has 1 aromatic carbocycles. The number of rotatable bonds is 11. The molecule has 0 fully saturated rings. The molecule has 0 aromatic heterocycles. The quantitative estimate of drug-likeness (QED) is 0.221. The molecule has 2 heteroatoms. The van der Waals surface area contributed by atoms with Crippen molar-refractivity contribution in [1.82, 2.24) is 0 Å². The number of benzene rings is 1. The molecule has 0 spiro atoms. The molecular weight excluding hydrogens is 438 g/mol. The van der Waals surface area contributed by atoms with Crippen LogP contribution in [-0.4, -0.2) is 31.7 Å². The molecule has 1 aliphatic carbocycles. The van der Waals surface area contributed by atoms with Crippen molar-refractivity contribution in [3.05, 3.63) is 41.0 Å². The maximum atomic E-state index is 2.60. The van der Waals surface area contributed by atoms with Gasteiger partial charge in [0.25, 0.3) is 0 Å². The zero-order chi connectivity index (χ0) is 19.2. The Kier molecular flexibility index (Phi) is 8.74. The third-order valence-corrected chi connectivity index (χ3v) is 33.2. The second kappa shape index (κ2) is 10.1. The molecule has 0 saturated heterocycles. The SMILES string of the molecule is CCC[CH2][Sn]([CH2]CCC)([CH2]CCC)[C]1(P(C)C)C(C)=Cc2ccccc21. The summed E-state index contributed by atoms with van der Waals surface area (Å²) in [6.07, 6.45) is 11.1. The molecule has 0 aliphatic heterocycles. The van der Waals surface area contributed by atoms with Gasteiger partial charge in [0.15, 0.2) is 0 Å². The van der Waals surface area contributed by atoms with Gasteiger partial charge in [-0.05, 0) is 0 Å². The Bertz CT molecular complexity index is 582. The molecule has 1 aromatic rings. The van der Waals surface area contributed by atoms with E-state index in [1.807, 2.05) is 0 Å². The number of hydrogen-bond acceptors (Lipinski definition) is 0. The van der Waals surface area contributed by atoms with E-state index in [1.54, 1.807) is 30.0 Å². The number of fused-ring (bicyclic) bond motifs is 1. The van der Waals surface area contributed by atoms with Crippen LogP contribution in [0.5, 0.6) is 0 Å². The standard InChI is InChI=1S/C12H14P.3C4H9.Sn/c1-9-8-10-6-4-5-7-11(10)12(9)13(2)3;3*1-3-4-2;/h4-8H,1-3H3;3*1,3-4H2,2H3;. The van der Waals surface area contributed by atoms with E-state index < -0.39 is 18.4 Å². The minimum absolute atomic E-state index is 0.0244. The fourth-order valence-corrected chi connectivity index (χ4v) is 37.4. The average molecular weight is 479 g/mol. The topological polar surface area (TPSA) is 0 Å². The molecule has 0 N–H and O–H groups in total. The predicted molar refractivity (Wildman–Crippen MR) is 125 cm³/mol. The monoisotopic (exact) mass is 480 g/mol. The van der Waals surface area contributed by atoms with Gasteiger partial charge in [0.2, 0.25) is 0 Å². The van der Waals surface area contributed by atoms with Crippen LogP contribution in [0.15, 0.2) is 29.8 Å². The van der Waals surface area contributed by atoms with Gasteiger partial charge < -0.3 is 0 Å². The van der Waals surface area contributed by atoms with Crippen LogP contribution in [-0.2, 0) is 3.17 Å². The van der Waals surface area contributed by atoms with E-state index in [4.69, 9.17) is 0 Å². The van der Waals surface area contributed by atoms with E-state index >= 15 is 0 Å². The molecule has 0 bridgehead atoms. The van der Waals surface area contributed by atoms with Gasteiger partial charge in [0.05, 0.1) is 0 Å². The Morgan fingerprint density at radius 1 is 0.846 bits per heavy atom. The summed E-state index contributed by atoms with van der Waals surface area (Å²) in [5.41, 5.74) is 5.04. The van der Waals surface area contributed by atoms with Gasteiger partial charge in [-0.25, -0.2) is 0 Å². The molecular formula is C24H41PSn. The molecule has 146 valence electrons. The molecule has 1 atom stereocenters. The second-order valence-corrected chi connectivity index (χ2v) is 26.0. The molecule has 26 heavy (non-hydrogen) atoms. The van der Waals surface area contributed by atoms with E-state index in [1.165, 1.54) is 38.5 Å². The minimum atomic E-state index is -2.48. The zero-order valence-electron chi connectivity index (χ0n) is 18.2. The van der Waals surface area contributed by atoms with Gasteiger partial charge in [-0.1, -0.05) is 0 Å². The Morgan fingerprint density at radius 2 is 1.35 bits per heavy atom. The van der Waals surface area contributed by atoms with E-state index in [-0.39, 0.29) is 7.92 Å². The van der Waals surface area contributed by atoms with E-state index in [0.717, 1.165) is 0 Å². The van der Waals surface area contributed by atoms with Crippen molar-refractivity contribution in [1.29, 1.82) is 0 Å². The average Bonchev–Trinajstić information content (AvgIpc) is 2.94. The van der Waals surface area contributed by atoms with Gasteiger partial charge >= 0.3 is 169 Å². The molecule has 0 radical (unpaired) electrons. The van der Waals surface area contributed by atoms with Crippen LogP contribution in [0.25, 0.3) is 6.08 Å². The van der Waals surface area contributed by atoms with Crippen molar-refractivity contribution in [2.24, 2.45) is 0 Å². The summed E-state index contributed by atoms with van der Waals surface area (Å²) in [5.74, 6) is 0. The Labute approximate surface area is 168 Å². The summed E-state index contributed by atoms with van der Waals surface area (Å²) < 4.78 is 5.29. The first-order chi connectivity index (χ1) is 12.5. The summed E-state index contributed by atoms with van der Waals surface area (Å²) >= 11 is -2.48. The summed E-state index contributed by atoms with van der Waals surface area (Å²) in [4.78, 5) is 0. The summed E-state index contributed by atoms with van der Waals surface area (Å²) in [6.45, 7) is 14.9. The van der Waals surface area contributed by atoms with Crippen molar-refractivity contribution in [3.63, 3.8) is 0 Å².